The van der Waals surface area contributed by atoms with Gasteiger partial charge in [0.2, 0.25) is 0 Å². The summed E-state index contributed by atoms with van der Waals surface area (Å²) in [7, 11) is 0. The third kappa shape index (κ3) is 5.26. The number of aliphatic imine (C=N–C) groups is 1. The normalized spacial score (nSPS) is 16.0. The van der Waals surface area contributed by atoms with Crippen LogP contribution in [-0.2, 0) is 4.79 Å². The van der Waals surface area contributed by atoms with E-state index in [9.17, 15) is 14.4 Å². The first-order chi connectivity index (χ1) is 14.4. The molecule has 0 spiro atoms. The second kappa shape index (κ2) is 9.27. The van der Waals surface area contributed by atoms with E-state index in [1.807, 2.05) is 31.2 Å². The number of thioether (sulfide) groups is 1. The first-order valence-corrected chi connectivity index (χ1v) is 9.81. The van der Waals surface area contributed by atoms with E-state index in [1.54, 1.807) is 6.08 Å². The third-order valence-corrected chi connectivity index (χ3v) is 4.85. The topological polar surface area (TPSA) is 125 Å². The molecule has 1 fully saturated rings. The van der Waals surface area contributed by atoms with Gasteiger partial charge in [0, 0.05) is 0 Å². The fourth-order valence-corrected chi connectivity index (χ4v) is 3.39. The van der Waals surface area contributed by atoms with E-state index in [0.717, 1.165) is 35.6 Å². The van der Waals surface area contributed by atoms with Crippen molar-refractivity contribution in [3.05, 3.63) is 64.1 Å². The Kier molecular flexibility index (Phi) is 6.53. The lowest BCUT2D eigenvalue weighted by Gasteiger charge is -2.04. The molecule has 0 radical (unpaired) electrons. The van der Waals surface area contributed by atoms with Crippen LogP contribution in [0.2, 0.25) is 0 Å². The second-order valence-electron chi connectivity index (χ2n) is 6.28. The zero-order valence-electron chi connectivity index (χ0n) is 15.9. The van der Waals surface area contributed by atoms with Crippen LogP contribution in [0.4, 0.5) is 5.69 Å². The first kappa shape index (κ1) is 21.1. The summed E-state index contributed by atoms with van der Waals surface area (Å²) in [6, 6.07) is 10.8. The Hall–Kier alpha value is -3.59. The molecular weight excluding hydrogens is 408 g/mol. The monoisotopic (exact) mass is 426 g/mol. The molecule has 9 heteroatoms. The Bertz CT molecular complexity index is 1030. The highest BCUT2D eigenvalue weighted by Crippen LogP contribution is 2.29. The number of hydrogen-bond donors (Lipinski definition) is 3. The Morgan fingerprint density at radius 1 is 1.10 bits per heavy atom. The van der Waals surface area contributed by atoms with E-state index in [2.05, 4.69) is 10.3 Å². The number of amides is 1. The summed E-state index contributed by atoms with van der Waals surface area (Å²) in [4.78, 5) is 39.3. The van der Waals surface area contributed by atoms with Gasteiger partial charge in [0.05, 0.1) is 28.3 Å². The highest BCUT2D eigenvalue weighted by molar-refractivity contribution is 8.18. The van der Waals surface area contributed by atoms with E-state index >= 15 is 0 Å². The zero-order chi connectivity index (χ0) is 21.7. The van der Waals surface area contributed by atoms with Crippen LogP contribution in [0.3, 0.4) is 0 Å². The average Bonchev–Trinajstić information content (AvgIpc) is 3.05. The highest BCUT2D eigenvalue weighted by atomic mass is 32.2. The van der Waals surface area contributed by atoms with Crippen molar-refractivity contribution < 1.29 is 29.3 Å². The molecule has 1 aliphatic rings. The summed E-state index contributed by atoms with van der Waals surface area (Å²) in [5.41, 5.74) is 0.516. The molecule has 0 bridgehead atoms. The smallest absolute Gasteiger partial charge is 0.335 e. The Labute approximate surface area is 176 Å². The minimum atomic E-state index is -1.27. The maximum atomic E-state index is 12.2. The fourth-order valence-electron chi connectivity index (χ4n) is 2.55. The Morgan fingerprint density at radius 2 is 1.73 bits per heavy atom. The predicted octanol–water partition coefficient (Wildman–Crippen LogP) is 3.76. The van der Waals surface area contributed by atoms with Gasteiger partial charge in [-0.3, -0.25) is 4.79 Å². The number of carbonyl (C=O) groups excluding carboxylic acids is 1. The third-order valence-electron chi connectivity index (χ3n) is 3.94. The maximum Gasteiger partial charge on any atom is 0.335 e. The van der Waals surface area contributed by atoms with Crippen LogP contribution in [0.15, 0.2) is 52.4 Å². The van der Waals surface area contributed by atoms with Gasteiger partial charge in [-0.15, -0.1) is 0 Å². The number of benzene rings is 2. The van der Waals surface area contributed by atoms with Crippen LogP contribution >= 0.6 is 11.8 Å². The second-order valence-corrected chi connectivity index (χ2v) is 7.31. The SMILES string of the molecule is CCCOc1ccc(/C=C2\SC(=Nc3cc(C(=O)O)cc(C(=O)O)c3)NC2=O)cc1. The van der Waals surface area contributed by atoms with Crippen LogP contribution in [0.1, 0.15) is 39.6 Å². The number of carboxylic acids is 2. The maximum absolute atomic E-state index is 12.2. The van der Waals surface area contributed by atoms with Gasteiger partial charge in [-0.05, 0) is 60.2 Å². The Morgan fingerprint density at radius 3 is 2.30 bits per heavy atom. The molecule has 1 amide bonds. The number of carboxylic acid groups (broad SMARTS) is 2. The average molecular weight is 426 g/mol. The van der Waals surface area contributed by atoms with E-state index in [1.165, 1.54) is 12.1 Å². The molecule has 0 aliphatic carbocycles. The summed E-state index contributed by atoms with van der Waals surface area (Å²) >= 11 is 1.08. The molecule has 8 nitrogen and oxygen atoms in total. The van der Waals surface area contributed by atoms with Crippen LogP contribution in [-0.4, -0.2) is 39.8 Å². The van der Waals surface area contributed by atoms with Crippen molar-refractivity contribution in [3.63, 3.8) is 0 Å². The quantitative estimate of drug-likeness (QED) is 0.576. The lowest BCUT2D eigenvalue weighted by molar-refractivity contribution is -0.115. The van der Waals surface area contributed by atoms with E-state index < -0.39 is 11.9 Å². The molecule has 1 heterocycles. The van der Waals surface area contributed by atoms with Crippen molar-refractivity contribution in [2.24, 2.45) is 4.99 Å². The Balaban J connectivity index is 1.81. The molecule has 30 heavy (non-hydrogen) atoms. The largest absolute Gasteiger partial charge is 0.494 e. The molecule has 2 aromatic rings. The van der Waals surface area contributed by atoms with E-state index in [-0.39, 0.29) is 27.9 Å². The van der Waals surface area contributed by atoms with Crippen molar-refractivity contribution in [3.8, 4) is 5.75 Å². The lowest BCUT2D eigenvalue weighted by atomic mass is 10.1. The van der Waals surface area contributed by atoms with Crippen LogP contribution < -0.4 is 10.1 Å². The van der Waals surface area contributed by atoms with Crippen molar-refractivity contribution in [2.75, 3.05) is 6.61 Å². The fraction of sp³-hybridized carbons (Fsp3) is 0.143. The standard InChI is InChI=1S/C21H18N2O6S/c1-2-7-29-16-5-3-12(4-6-16)8-17-18(24)23-21(30-17)22-15-10-13(19(25)26)9-14(11-15)20(27)28/h3-6,8-11H,2,7H2,1H3,(H,25,26)(H,27,28)(H,22,23,24)/b17-8-. The summed E-state index contributed by atoms with van der Waals surface area (Å²) in [6.45, 7) is 2.65. The summed E-state index contributed by atoms with van der Waals surface area (Å²) in [6.07, 6.45) is 2.61. The van der Waals surface area contributed by atoms with Gasteiger partial charge in [-0.1, -0.05) is 19.1 Å². The molecular formula is C21H18N2O6S. The number of nitrogens with one attached hydrogen (secondary N) is 1. The molecule has 0 unspecified atom stereocenters. The van der Waals surface area contributed by atoms with E-state index in [4.69, 9.17) is 14.9 Å². The number of hydrogen-bond acceptors (Lipinski definition) is 6. The first-order valence-electron chi connectivity index (χ1n) is 9.00. The van der Waals surface area contributed by atoms with Crippen molar-refractivity contribution in [1.82, 2.24) is 5.32 Å². The number of carbonyl (C=O) groups is 3. The van der Waals surface area contributed by atoms with Crippen molar-refractivity contribution in [1.29, 1.82) is 0 Å². The van der Waals surface area contributed by atoms with Gasteiger partial charge in [0.15, 0.2) is 5.17 Å². The number of nitrogens with zero attached hydrogens (tertiary/aromatic N) is 1. The minimum Gasteiger partial charge on any atom is -0.494 e. The van der Waals surface area contributed by atoms with Gasteiger partial charge >= 0.3 is 11.9 Å². The molecule has 3 N–H and O–H groups in total. The molecule has 1 aliphatic heterocycles. The van der Waals surface area contributed by atoms with Crippen LogP contribution in [0, 0.1) is 0 Å². The van der Waals surface area contributed by atoms with Gasteiger partial charge in [-0.2, -0.15) is 0 Å². The van der Waals surface area contributed by atoms with Gasteiger partial charge in [0.1, 0.15) is 5.75 Å². The van der Waals surface area contributed by atoms with Crippen LogP contribution in [0.5, 0.6) is 5.75 Å². The number of ether oxygens (including phenoxy) is 1. The number of rotatable bonds is 7. The van der Waals surface area contributed by atoms with Crippen molar-refractivity contribution >= 4 is 46.5 Å². The minimum absolute atomic E-state index is 0.119. The van der Waals surface area contributed by atoms with Gasteiger partial charge < -0.3 is 20.3 Å². The molecule has 0 atom stereocenters. The molecule has 154 valence electrons. The van der Waals surface area contributed by atoms with Gasteiger partial charge in [0.25, 0.3) is 5.91 Å². The summed E-state index contributed by atoms with van der Waals surface area (Å²) < 4.78 is 5.53. The summed E-state index contributed by atoms with van der Waals surface area (Å²) in [5, 5.41) is 21.1. The van der Waals surface area contributed by atoms with Crippen molar-refractivity contribution in [2.45, 2.75) is 13.3 Å². The molecule has 2 aromatic carbocycles. The molecule has 0 aromatic heterocycles. The van der Waals surface area contributed by atoms with Crippen LogP contribution in [0.25, 0.3) is 6.08 Å². The predicted molar refractivity (Wildman–Crippen MR) is 113 cm³/mol. The van der Waals surface area contributed by atoms with E-state index in [0.29, 0.717) is 11.5 Å². The molecule has 1 saturated heterocycles. The molecule has 0 saturated carbocycles. The lowest BCUT2D eigenvalue weighted by Crippen LogP contribution is -2.19. The molecule has 3 rings (SSSR count). The zero-order valence-corrected chi connectivity index (χ0v) is 16.7. The highest BCUT2D eigenvalue weighted by Gasteiger charge is 2.24. The number of aromatic carboxylic acids is 2. The number of amidine groups is 1. The van der Waals surface area contributed by atoms with Gasteiger partial charge in [-0.25, -0.2) is 14.6 Å². The summed E-state index contributed by atoms with van der Waals surface area (Å²) in [5.74, 6) is -2.14.